The van der Waals surface area contributed by atoms with Gasteiger partial charge in [0.1, 0.15) is 11.3 Å². The summed E-state index contributed by atoms with van der Waals surface area (Å²) in [5, 5.41) is 4.24. The summed E-state index contributed by atoms with van der Waals surface area (Å²) in [5.41, 5.74) is 8.99. The highest BCUT2D eigenvalue weighted by Gasteiger charge is 2.20. The van der Waals surface area contributed by atoms with Crippen molar-refractivity contribution >= 4 is 33.7 Å². The van der Waals surface area contributed by atoms with E-state index in [1.165, 1.54) is 19.3 Å². The average molecular weight is 394 g/mol. The first-order valence-electron chi connectivity index (χ1n) is 11.0. The van der Waals surface area contributed by atoms with Crippen LogP contribution in [0, 0.1) is 5.92 Å². The Labute approximate surface area is 171 Å². The van der Waals surface area contributed by atoms with Crippen LogP contribution in [-0.4, -0.2) is 27.0 Å². The normalized spacial score (nSPS) is 15.2. The van der Waals surface area contributed by atoms with Crippen LogP contribution in [0.3, 0.4) is 0 Å². The fourth-order valence-corrected chi connectivity index (χ4v) is 4.53. The number of aryl methyl sites for hydroxylation is 2. The molecule has 3 aromatic rings. The Bertz CT molecular complexity index is 1000. The number of nitrogens with zero attached hydrogens (tertiary/aromatic N) is 3. The summed E-state index contributed by atoms with van der Waals surface area (Å²) < 4.78 is 2.29. The monoisotopic (exact) mass is 393 g/mol. The van der Waals surface area contributed by atoms with E-state index in [1.807, 2.05) is 18.2 Å². The van der Waals surface area contributed by atoms with Crippen LogP contribution in [0.15, 0.2) is 24.3 Å². The lowest BCUT2D eigenvalue weighted by atomic mass is 9.89. The highest BCUT2D eigenvalue weighted by molar-refractivity contribution is 6.06. The molecule has 154 valence electrons. The molecular formula is C23H31N5O. The van der Waals surface area contributed by atoms with Gasteiger partial charge in [-0.15, -0.1) is 0 Å². The van der Waals surface area contributed by atoms with E-state index in [-0.39, 0.29) is 11.8 Å². The first-order chi connectivity index (χ1) is 14.2. The molecule has 0 radical (unpaired) electrons. The Morgan fingerprint density at radius 1 is 1.17 bits per heavy atom. The van der Waals surface area contributed by atoms with Crippen molar-refractivity contribution in [3.63, 3.8) is 0 Å². The summed E-state index contributed by atoms with van der Waals surface area (Å²) in [6, 6.07) is 8.10. The van der Waals surface area contributed by atoms with Crippen molar-refractivity contribution in [2.24, 2.45) is 5.92 Å². The number of unbranched alkanes of at least 4 members (excludes halogenated alkanes) is 1. The molecule has 0 atom stereocenters. The van der Waals surface area contributed by atoms with Crippen LogP contribution in [0.2, 0.25) is 0 Å². The number of nitrogens with one attached hydrogen (secondary N) is 1. The van der Waals surface area contributed by atoms with Crippen LogP contribution in [0.25, 0.3) is 21.9 Å². The summed E-state index contributed by atoms with van der Waals surface area (Å²) in [4.78, 5) is 21.6. The van der Waals surface area contributed by atoms with Gasteiger partial charge in [-0.25, -0.2) is 9.97 Å². The number of benzene rings is 1. The largest absolute Gasteiger partial charge is 0.382 e. The molecule has 0 aliphatic heterocycles. The Kier molecular flexibility index (Phi) is 5.97. The van der Waals surface area contributed by atoms with Gasteiger partial charge in [-0.2, -0.15) is 0 Å². The first kappa shape index (κ1) is 19.7. The Morgan fingerprint density at radius 3 is 2.76 bits per heavy atom. The van der Waals surface area contributed by atoms with Crippen molar-refractivity contribution in [1.82, 2.24) is 19.9 Å². The van der Waals surface area contributed by atoms with Gasteiger partial charge in [-0.3, -0.25) is 4.79 Å². The molecule has 29 heavy (non-hydrogen) atoms. The molecule has 1 amide bonds. The second kappa shape index (κ2) is 8.80. The maximum Gasteiger partial charge on any atom is 0.223 e. The predicted octanol–water partition coefficient (Wildman–Crippen LogP) is 4.21. The van der Waals surface area contributed by atoms with Gasteiger partial charge in [0, 0.05) is 30.8 Å². The number of hydrogen-bond acceptors (Lipinski definition) is 4. The lowest BCUT2D eigenvalue weighted by Gasteiger charge is -2.20. The highest BCUT2D eigenvalue weighted by Crippen LogP contribution is 2.29. The van der Waals surface area contributed by atoms with Gasteiger partial charge in [0.2, 0.25) is 5.91 Å². The molecule has 0 spiro atoms. The maximum absolute atomic E-state index is 12.3. The molecule has 1 aromatic carbocycles. The highest BCUT2D eigenvalue weighted by atomic mass is 16.1. The Hall–Kier alpha value is -2.63. The molecule has 6 heteroatoms. The average Bonchev–Trinajstić information content (AvgIpc) is 3.13. The van der Waals surface area contributed by atoms with Crippen molar-refractivity contribution in [1.29, 1.82) is 0 Å². The molecule has 6 nitrogen and oxygen atoms in total. The van der Waals surface area contributed by atoms with Gasteiger partial charge in [-0.1, -0.05) is 44.4 Å². The summed E-state index contributed by atoms with van der Waals surface area (Å²) in [6.07, 6.45) is 8.55. The number of imidazole rings is 1. The lowest BCUT2D eigenvalue weighted by molar-refractivity contribution is -0.125. The zero-order chi connectivity index (χ0) is 20.2. The Morgan fingerprint density at radius 2 is 1.97 bits per heavy atom. The summed E-state index contributed by atoms with van der Waals surface area (Å²) in [5.74, 6) is 2.01. The van der Waals surface area contributed by atoms with E-state index in [9.17, 15) is 4.79 Å². The van der Waals surface area contributed by atoms with Gasteiger partial charge in [0.25, 0.3) is 0 Å². The van der Waals surface area contributed by atoms with Gasteiger partial charge in [0.15, 0.2) is 5.82 Å². The molecule has 4 rings (SSSR count). The Balaban J connectivity index is 1.44. The molecule has 1 aliphatic carbocycles. The third-order valence-corrected chi connectivity index (χ3v) is 6.09. The predicted molar refractivity (Wildman–Crippen MR) is 118 cm³/mol. The van der Waals surface area contributed by atoms with Crippen molar-refractivity contribution in [3.05, 3.63) is 30.1 Å². The van der Waals surface area contributed by atoms with Crippen LogP contribution in [0.1, 0.15) is 57.7 Å². The molecule has 3 N–H and O–H groups in total. The number of para-hydroxylation sites is 1. The van der Waals surface area contributed by atoms with E-state index in [1.54, 1.807) is 0 Å². The van der Waals surface area contributed by atoms with Gasteiger partial charge < -0.3 is 15.6 Å². The number of nitrogen functional groups attached to an aromatic ring is 1. The molecule has 0 unspecified atom stereocenters. The molecule has 0 saturated heterocycles. The number of fused-ring (bicyclic) bond motifs is 3. The lowest BCUT2D eigenvalue weighted by Crippen LogP contribution is -2.32. The zero-order valence-corrected chi connectivity index (χ0v) is 17.3. The number of aromatic nitrogens is 3. The number of rotatable bonds is 7. The fraction of sp³-hybridized carbons (Fsp3) is 0.522. The minimum Gasteiger partial charge on any atom is -0.382 e. The quantitative estimate of drug-likeness (QED) is 0.589. The maximum atomic E-state index is 12.3. The minimum atomic E-state index is 0.231. The van der Waals surface area contributed by atoms with Crippen molar-refractivity contribution in [2.45, 2.75) is 64.8 Å². The first-order valence-corrected chi connectivity index (χ1v) is 11.0. The van der Waals surface area contributed by atoms with Gasteiger partial charge in [0.05, 0.1) is 11.0 Å². The van der Waals surface area contributed by atoms with Gasteiger partial charge in [-0.05, 0) is 31.7 Å². The van der Waals surface area contributed by atoms with Crippen LogP contribution >= 0.6 is 0 Å². The second-order valence-electron chi connectivity index (χ2n) is 8.08. The third kappa shape index (κ3) is 4.07. The number of nitrogens with two attached hydrogens (primary N) is 1. The molecule has 2 heterocycles. The van der Waals surface area contributed by atoms with E-state index in [0.29, 0.717) is 5.82 Å². The molecule has 1 fully saturated rings. The van der Waals surface area contributed by atoms with Crippen molar-refractivity contribution in [3.8, 4) is 0 Å². The fourth-order valence-electron chi connectivity index (χ4n) is 4.53. The SMILES string of the molecule is CCc1nc2c(N)nc3ccccc3c2n1CCCCNC(=O)C1CCCCC1. The standard InChI is InChI=1S/C23H31N5O/c1-2-19-27-20-21(17-12-6-7-13-18(17)26-22(20)24)28(19)15-9-8-14-25-23(29)16-10-4-3-5-11-16/h6-7,12-13,16H,2-5,8-11,14-15H2,1H3,(H2,24,26)(H,25,29). The number of pyridine rings is 1. The van der Waals surface area contributed by atoms with Crippen LogP contribution in [-0.2, 0) is 17.8 Å². The van der Waals surface area contributed by atoms with E-state index in [4.69, 9.17) is 10.7 Å². The van der Waals surface area contributed by atoms with E-state index < -0.39 is 0 Å². The van der Waals surface area contributed by atoms with E-state index in [2.05, 4.69) is 27.9 Å². The van der Waals surface area contributed by atoms with E-state index >= 15 is 0 Å². The number of amides is 1. The van der Waals surface area contributed by atoms with Gasteiger partial charge >= 0.3 is 0 Å². The molecule has 0 bridgehead atoms. The van der Waals surface area contributed by atoms with Crippen LogP contribution in [0.5, 0.6) is 0 Å². The minimum absolute atomic E-state index is 0.231. The van der Waals surface area contributed by atoms with Crippen LogP contribution in [0.4, 0.5) is 5.82 Å². The topological polar surface area (TPSA) is 85.8 Å². The molecule has 1 saturated carbocycles. The summed E-state index contributed by atoms with van der Waals surface area (Å²) in [6.45, 7) is 3.73. The van der Waals surface area contributed by atoms with E-state index in [0.717, 1.165) is 73.0 Å². The molecule has 1 aliphatic rings. The molecular weight excluding hydrogens is 362 g/mol. The van der Waals surface area contributed by atoms with Crippen LogP contribution < -0.4 is 11.1 Å². The zero-order valence-electron chi connectivity index (χ0n) is 17.3. The smallest absolute Gasteiger partial charge is 0.223 e. The number of carbonyl (C=O) groups is 1. The third-order valence-electron chi connectivity index (χ3n) is 6.09. The van der Waals surface area contributed by atoms with Crippen molar-refractivity contribution in [2.75, 3.05) is 12.3 Å². The second-order valence-corrected chi connectivity index (χ2v) is 8.08. The summed E-state index contributed by atoms with van der Waals surface area (Å²) in [7, 11) is 0. The number of carbonyl (C=O) groups excluding carboxylic acids is 1. The number of anilines is 1. The summed E-state index contributed by atoms with van der Waals surface area (Å²) >= 11 is 0. The molecule has 2 aromatic heterocycles. The number of hydrogen-bond donors (Lipinski definition) is 2. The van der Waals surface area contributed by atoms with Crippen molar-refractivity contribution < 1.29 is 4.79 Å².